The first kappa shape index (κ1) is 17.8. The summed E-state index contributed by atoms with van der Waals surface area (Å²) in [5, 5.41) is 20.1. The maximum Gasteiger partial charge on any atom is 0.143 e. The summed E-state index contributed by atoms with van der Waals surface area (Å²) < 4.78 is 0. The monoisotopic (exact) mass is 377 g/mol. The third-order valence-corrected chi connectivity index (χ3v) is 4.91. The number of nitrogens with two attached hydrogens (primary N) is 1. The van der Waals surface area contributed by atoms with Crippen molar-refractivity contribution in [3.63, 3.8) is 0 Å². The average Bonchev–Trinajstić information content (AvgIpc) is 2.67. The molecule has 26 heavy (non-hydrogen) atoms. The Labute approximate surface area is 160 Å². The molecule has 2 aromatic heterocycles. The zero-order valence-electron chi connectivity index (χ0n) is 13.5. The number of hydrogen-bond donors (Lipinski definition) is 1. The Morgan fingerprint density at radius 2 is 1.77 bits per heavy atom. The Morgan fingerprint density at radius 1 is 1.04 bits per heavy atom. The molecule has 0 fully saturated rings. The number of nitriles is 2. The number of anilines is 1. The van der Waals surface area contributed by atoms with Crippen molar-refractivity contribution < 1.29 is 0 Å². The topological polar surface area (TPSA) is 99.4 Å². The normalized spacial score (nSPS) is 10.1. The van der Waals surface area contributed by atoms with Crippen LogP contribution in [-0.4, -0.2) is 9.97 Å². The number of halogens is 1. The first-order chi connectivity index (χ1) is 12.6. The second-order valence-corrected chi connectivity index (χ2v) is 6.65. The molecule has 7 heteroatoms. The summed E-state index contributed by atoms with van der Waals surface area (Å²) in [6, 6.07) is 17.1. The summed E-state index contributed by atoms with van der Waals surface area (Å²) in [4.78, 5) is 8.33. The van der Waals surface area contributed by atoms with E-state index in [0.29, 0.717) is 27.1 Å². The summed E-state index contributed by atoms with van der Waals surface area (Å²) >= 11 is 7.17. The van der Waals surface area contributed by atoms with Gasteiger partial charge in [0.2, 0.25) is 0 Å². The van der Waals surface area contributed by atoms with Gasteiger partial charge in [-0.15, -0.1) is 11.8 Å². The van der Waals surface area contributed by atoms with Crippen LogP contribution in [0.3, 0.4) is 0 Å². The molecule has 0 bridgehead atoms. The highest BCUT2D eigenvalue weighted by molar-refractivity contribution is 7.98. The molecule has 0 radical (unpaired) electrons. The van der Waals surface area contributed by atoms with Crippen LogP contribution in [0.2, 0.25) is 5.15 Å². The largest absolute Gasteiger partial charge is 0.383 e. The van der Waals surface area contributed by atoms with E-state index >= 15 is 0 Å². The number of rotatable bonds is 4. The molecule has 0 atom stereocenters. The number of benzene rings is 1. The third-order valence-electron chi connectivity index (χ3n) is 3.64. The van der Waals surface area contributed by atoms with Crippen LogP contribution in [0.15, 0.2) is 53.7 Å². The van der Waals surface area contributed by atoms with Gasteiger partial charge in [0.15, 0.2) is 0 Å². The standard InChI is InChI=1S/C19H12ClN5S/c20-16-7-6-12(10-24-16)11-26-19-15(9-22)17(13-4-2-1-3-5-13)14(8-21)18(23)25-19/h1-7,10H,11H2,(H2,23,25). The predicted octanol–water partition coefficient (Wildman–Crippen LogP) is 4.41. The molecule has 0 amide bonds. The molecule has 0 saturated carbocycles. The van der Waals surface area contributed by atoms with E-state index in [-0.39, 0.29) is 11.4 Å². The molecule has 0 unspecified atom stereocenters. The van der Waals surface area contributed by atoms with E-state index < -0.39 is 0 Å². The predicted molar refractivity (Wildman–Crippen MR) is 102 cm³/mol. The van der Waals surface area contributed by atoms with Gasteiger partial charge in [0.05, 0.1) is 5.56 Å². The number of nitrogens with zero attached hydrogens (tertiary/aromatic N) is 4. The van der Waals surface area contributed by atoms with Crippen molar-refractivity contribution >= 4 is 29.2 Å². The SMILES string of the molecule is N#Cc1c(N)nc(SCc2ccc(Cl)nc2)c(C#N)c1-c1ccccc1. The van der Waals surface area contributed by atoms with Gasteiger partial charge in [-0.05, 0) is 17.2 Å². The Kier molecular flexibility index (Phi) is 5.38. The average molecular weight is 378 g/mol. The number of nitrogen functional groups attached to an aromatic ring is 1. The quantitative estimate of drug-likeness (QED) is 0.533. The van der Waals surface area contributed by atoms with Crippen LogP contribution in [-0.2, 0) is 5.75 Å². The lowest BCUT2D eigenvalue weighted by molar-refractivity contribution is 1.11. The number of thioether (sulfide) groups is 1. The highest BCUT2D eigenvalue weighted by atomic mass is 35.5. The van der Waals surface area contributed by atoms with Crippen LogP contribution < -0.4 is 5.73 Å². The third kappa shape index (κ3) is 3.62. The molecule has 5 nitrogen and oxygen atoms in total. The van der Waals surface area contributed by atoms with Crippen molar-refractivity contribution in [1.82, 2.24) is 9.97 Å². The smallest absolute Gasteiger partial charge is 0.143 e. The molecule has 2 N–H and O–H groups in total. The maximum atomic E-state index is 9.72. The Balaban J connectivity index is 2.06. The van der Waals surface area contributed by atoms with Crippen molar-refractivity contribution in [3.05, 3.63) is 70.5 Å². The van der Waals surface area contributed by atoms with Crippen LogP contribution in [0.5, 0.6) is 0 Å². The lowest BCUT2D eigenvalue weighted by Crippen LogP contribution is -2.03. The molecule has 3 rings (SSSR count). The molecular formula is C19H12ClN5S. The number of aromatic nitrogens is 2. The van der Waals surface area contributed by atoms with E-state index in [4.69, 9.17) is 17.3 Å². The number of hydrogen-bond acceptors (Lipinski definition) is 6. The van der Waals surface area contributed by atoms with E-state index in [2.05, 4.69) is 22.1 Å². The highest BCUT2D eigenvalue weighted by Crippen LogP contribution is 2.36. The van der Waals surface area contributed by atoms with E-state index in [1.165, 1.54) is 11.8 Å². The summed E-state index contributed by atoms with van der Waals surface area (Å²) in [6.45, 7) is 0. The minimum absolute atomic E-state index is 0.113. The van der Waals surface area contributed by atoms with Crippen molar-refractivity contribution in [2.45, 2.75) is 10.8 Å². The van der Waals surface area contributed by atoms with Crippen LogP contribution >= 0.6 is 23.4 Å². The van der Waals surface area contributed by atoms with Crippen LogP contribution in [0.25, 0.3) is 11.1 Å². The van der Waals surface area contributed by atoms with Gasteiger partial charge in [-0.3, -0.25) is 0 Å². The van der Waals surface area contributed by atoms with Crippen molar-refractivity contribution in [1.29, 1.82) is 10.5 Å². The fraction of sp³-hybridized carbons (Fsp3) is 0.0526. The Bertz CT molecular complexity index is 1020. The zero-order chi connectivity index (χ0) is 18.5. The second kappa shape index (κ2) is 7.88. The van der Waals surface area contributed by atoms with Gasteiger partial charge < -0.3 is 5.73 Å². The number of pyridine rings is 2. The molecule has 1 aromatic carbocycles. The van der Waals surface area contributed by atoms with Crippen molar-refractivity contribution in [2.75, 3.05) is 5.73 Å². The second-order valence-electron chi connectivity index (χ2n) is 5.29. The van der Waals surface area contributed by atoms with Gasteiger partial charge in [0, 0.05) is 17.5 Å². The van der Waals surface area contributed by atoms with E-state index in [9.17, 15) is 10.5 Å². The van der Waals surface area contributed by atoms with Gasteiger partial charge in [-0.25, -0.2) is 9.97 Å². The summed E-state index contributed by atoms with van der Waals surface area (Å²) in [6.07, 6.45) is 1.67. The van der Waals surface area contributed by atoms with E-state index in [1.54, 1.807) is 12.3 Å². The van der Waals surface area contributed by atoms with Crippen molar-refractivity contribution in [3.8, 4) is 23.3 Å². The van der Waals surface area contributed by atoms with Gasteiger partial charge in [0.1, 0.15) is 33.7 Å². The van der Waals surface area contributed by atoms with Crippen LogP contribution in [0, 0.1) is 22.7 Å². The zero-order valence-corrected chi connectivity index (χ0v) is 15.1. The van der Waals surface area contributed by atoms with Gasteiger partial charge in [-0.2, -0.15) is 10.5 Å². The molecule has 2 heterocycles. The summed E-state index contributed by atoms with van der Waals surface area (Å²) in [5.41, 5.74) is 8.76. The lowest BCUT2D eigenvalue weighted by atomic mass is 9.97. The molecule has 0 saturated heterocycles. The Hall–Kier alpha value is -3.06. The molecule has 3 aromatic rings. The molecular weight excluding hydrogens is 366 g/mol. The van der Waals surface area contributed by atoms with Crippen LogP contribution in [0.1, 0.15) is 16.7 Å². The fourth-order valence-electron chi connectivity index (χ4n) is 2.44. The molecule has 0 aliphatic heterocycles. The van der Waals surface area contributed by atoms with E-state index in [0.717, 1.165) is 11.1 Å². The van der Waals surface area contributed by atoms with Crippen LogP contribution in [0.4, 0.5) is 5.82 Å². The summed E-state index contributed by atoms with van der Waals surface area (Å²) in [7, 11) is 0. The minimum atomic E-state index is 0.113. The molecule has 126 valence electrons. The first-order valence-corrected chi connectivity index (χ1v) is 8.92. The Morgan fingerprint density at radius 3 is 2.38 bits per heavy atom. The minimum Gasteiger partial charge on any atom is -0.383 e. The lowest BCUT2D eigenvalue weighted by Gasteiger charge is -2.13. The van der Waals surface area contributed by atoms with Gasteiger partial charge in [0.25, 0.3) is 0 Å². The summed E-state index contributed by atoms with van der Waals surface area (Å²) in [5.74, 6) is 0.660. The van der Waals surface area contributed by atoms with Gasteiger partial charge in [-0.1, -0.05) is 48.0 Å². The maximum absolute atomic E-state index is 9.72. The fourth-order valence-corrected chi connectivity index (χ4v) is 3.48. The molecule has 0 aliphatic carbocycles. The van der Waals surface area contributed by atoms with Crippen molar-refractivity contribution in [2.24, 2.45) is 0 Å². The molecule has 0 spiro atoms. The van der Waals surface area contributed by atoms with E-state index in [1.807, 2.05) is 36.4 Å². The highest BCUT2D eigenvalue weighted by Gasteiger charge is 2.20. The first-order valence-electron chi connectivity index (χ1n) is 7.56. The molecule has 0 aliphatic rings. The van der Waals surface area contributed by atoms with Gasteiger partial charge >= 0.3 is 0 Å².